The van der Waals surface area contributed by atoms with Gasteiger partial charge in [-0.1, -0.05) is 13.8 Å². The Kier molecular flexibility index (Phi) is 3.94. The molecule has 0 aliphatic heterocycles. The number of fused-ring (bicyclic) bond motifs is 1. The lowest BCUT2D eigenvalue weighted by atomic mass is 10.0. The largest absolute Gasteiger partial charge is 0.276 e. The highest BCUT2D eigenvalue weighted by Gasteiger charge is 2.09. The van der Waals surface area contributed by atoms with Gasteiger partial charge in [0.05, 0.1) is 5.69 Å². The third-order valence-electron chi connectivity index (χ3n) is 3.79. The number of hydrogen-bond acceptors (Lipinski definition) is 3. The Morgan fingerprint density at radius 2 is 1.50 bits per heavy atom. The average molecular weight is 314 g/mol. The molecule has 1 heterocycles. The predicted molar refractivity (Wildman–Crippen MR) is 87.8 cm³/mol. The Morgan fingerprint density at radius 3 is 1.91 bits per heavy atom. The zero-order chi connectivity index (χ0) is 15.7. The summed E-state index contributed by atoms with van der Waals surface area (Å²) in [5.74, 6) is 0. The van der Waals surface area contributed by atoms with E-state index in [1.165, 1.54) is 11.1 Å². The highest BCUT2D eigenvalue weighted by atomic mass is 35.5. The van der Waals surface area contributed by atoms with Crippen molar-refractivity contribution in [2.24, 2.45) is 0 Å². The fourth-order valence-corrected chi connectivity index (χ4v) is 2.68. The summed E-state index contributed by atoms with van der Waals surface area (Å²) in [6.07, 6.45) is 1.97. The van der Waals surface area contributed by atoms with Crippen LogP contribution in [0, 0.1) is 0 Å². The molecule has 3 aromatic rings. The fourth-order valence-electron chi connectivity index (χ4n) is 2.55. The van der Waals surface area contributed by atoms with Crippen molar-refractivity contribution >= 4 is 27.9 Å². The van der Waals surface area contributed by atoms with Crippen LogP contribution in [0.25, 0.3) is 16.7 Å². The first-order chi connectivity index (χ1) is 10.6. The number of aromatic nitrogens is 3. The van der Waals surface area contributed by atoms with Crippen LogP contribution in [0.1, 0.15) is 35.3 Å². The summed E-state index contributed by atoms with van der Waals surface area (Å²) in [6, 6.07) is 11.1. The molecule has 0 fully saturated rings. The Labute approximate surface area is 133 Å². The number of rotatable bonds is 4. The van der Waals surface area contributed by atoms with Crippen molar-refractivity contribution in [2.45, 2.75) is 26.7 Å². The normalized spacial score (nSPS) is 11.0. The van der Waals surface area contributed by atoms with E-state index >= 15 is 0 Å². The van der Waals surface area contributed by atoms with E-state index in [1.54, 1.807) is 29.1 Å². The molecule has 0 radical (unpaired) electrons. The molecule has 22 heavy (non-hydrogen) atoms. The number of benzene rings is 2. The van der Waals surface area contributed by atoms with Crippen LogP contribution in [0.3, 0.4) is 0 Å². The van der Waals surface area contributed by atoms with E-state index in [4.69, 9.17) is 11.6 Å². The van der Waals surface area contributed by atoms with Gasteiger partial charge in [-0.15, -0.1) is 10.2 Å². The number of carbonyl (C=O) groups excluding carboxylic acids is 1. The van der Waals surface area contributed by atoms with Gasteiger partial charge >= 0.3 is 0 Å². The maximum absolute atomic E-state index is 11.1. The molecule has 1 aromatic heterocycles. The Hall–Kier alpha value is -2.20. The number of hydrogen-bond donors (Lipinski definition) is 0. The summed E-state index contributed by atoms with van der Waals surface area (Å²) in [5, 5.41) is 8.59. The maximum atomic E-state index is 11.1. The van der Waals surface area contributed by atoms with Crippen LogP contribution >= 0.6 is 11.6 Å². The molecular formula is C17H16ClN3O. The number of halogens is 1. The molecule has 4 nitrogen and oxygen atoms in total. The van der Waals surface area contributed by atoms with Gasteiger partial charge < -0.3 is 0 Å². The number of carbonyl (C=O) groups is 1. The van der Waals surface area contributed by atoms with Gasteiger partial charge in [0.15, 0.2) is 0 Å². The van der Waals surface area contributed by atoms with E-state index in [1.807, 2.05) is 0 Å². The minimum absolute atomic E-state index is 0.462. The van der Waals surface area contributed by atoms with E-state index in [9.17, 15) is 4.79 Å². The maximum Gasteiger partial charge on any atom is 0.252 e. The summed E-state index contributed by atoms with van der Waals surface area (Å²) in [5.41, 5.74) is 5.64. The van der Waals surface area contributed by atoms with Crippen molar-refractivity contribution in [3.8, 4) is 5.69 Å². The standard InChI is InChI=1S/C17H16ClN3O/c1-3-11-9-15-16(10-12(11)4-2)20-21(19-15)14-7-5-13(6-8-14)17(18)22/h5-10H,3-4H2,1-2H3. The molecule has 0 bridgehead atoms. The molecule has 0 atom stereocenters. The van der Waals surface area contributed by atoms with Crippen LogP contribution < -0.4 is 0 Å². The zero-order valence-electron chi connectivity index (χ0n) is 12.5. The molecule has 0 spiro atoms. The Morgan fingerprint density at radius 1 is 1.00 bits per heavy atom. The van der Waals surface area contributed by atoms with E-state index < -0.39 is 5.24 Å². The van der Waals surface area contributed by atoms with Crippen molar-refractivity contribution in [3.05, 3.63) is 53.1 Å². The average Bonchev–Trinajstić information content (AvgIpc) is 2.96. The van der Waals surface area contributed by atoms with Gasteiger partial charge in [-0.25, -0.2) is 0 Å². The summed E-state index contributed by atoms with van der Waals surface area (Å²) in [6.45, 7) is 4.29. The molecule has 0 aliphatic rings. The van der Waals surface area contributed by atoms with Gasteiger partial charge in [0.25, 0.3) is 5.24 Å². The second kappa shape index (κ2) is 5.89. The van der Waals surface area contributed by atoms with Gasteiger partial charge in [-0.3, -0.25) is 4.79 Å². The van der Waals surface area contributed by atoms with Crippen LogP contribution in [0.2, 0.25) is 0 Å². The van der Waals surface area contributed by atoms with Gasteiger partial charge in [-0.2, -0.15) is 4.80 Å². The minimum atomic E-state index is -0.467. The minimum Gasteiger partial charge on any atom is -0.276 e. The van der Waals surface area contributed by atoms with Crippen molar-refractivity contribution in [1.82, 2.24) is 15.0 Å². The molecule has 0 N–H and O–H groups in total. The van der Waals surface area contributed by atoms with E-state index in [0.29, 0.717) is 5.56 Å². The zero-order valence-corrected chi connectivity index (χ0v) is 13.3. The molecule has 112 valence electrons. The first kappa shape index (κ1) is 14.7. The summed E-state index contributed by atoms with van der Waals surface area (Å²) < 4.78 is 0. The summed E-state index contributed by atoms with van der Waals surface area (Å²) in [7, 11) is 0. The predicted octanol–water partition coefficient (Wildman–Crippen LogP) is 3.92. The van der Waals surface area contributed by atoms with Crippen molar-refractivity contribution in [2.75, 3.05) is 0 Å². The third-order valence-corrected chi connectivity index (χ3v) is 4.01. The first-order valence-electron chi connectivity index (χ1n) is 7.31. The molecule has 0 saturated carbocycles. The molecule has 5 heteroatoms. The molecule has 0 unspecified atom stereocenters. The summed E-state index contributed by atoms with van der Waals surface area (Å²) in [4.78, 5) is 12.7. The lowest BCUT2D eigenvalue weighted by Crippen LogP contribution is -1.99. The van der Waals surface area contributed by atoms with Gasteiger partial charge in [0, 0.05) is 5.56 Å². The Balaban J connectivity index is 2.06. The number of aryl methyl sites for hydroxylation is 2. The third kappa shape index (κ3) is 2.62. The molecule has 3 rings (SSSR count). The lowest BCUT2D eigenvalue weighted by Gasteiger charge is -2.03. The molecule has 0 amide bonds. The monoisotopic (exact) mass is 313 g/mol. The van der Waals surface area contributed by atoms with Gasteiger partial charge in [0.2, 0.25) is 0 Å². The quantitative estimate of drug-likeness (QED) is 0.686. The molecule has 0 aliphatic carbocycles. The highest BCUT2D eigenvalue weighted by molar-refractivity contribution is 6.67. The van der Waals surface area contributed by atoms with E-state index in [2.05, 4.69) is 36.2 Å². The van der Waals surface area contributed by atoms with Crippen molar-refractivity contribution in [1.29, 1.82) is 0 Å². The molecule has 2 aromatic carbocycles. The SMILES string of the molecule is CCc1cc2nn(-c3ccc(C(=O)Cl)cc3)nc2cc1CC. The van der Waals surface area contributed by atoms with Crippen LogP contribution in [0.15, 0.2) is 36.4 Å². The Bertz CT molecular complexity index is 796. The van der Waals surface area contributed by atoms with Crippen molar-refractivity contribution < 1.29 is 4.79 Å². The highest BCUT2D eigenvalue weighted by Crippen LogP contribution is 2.20. The van der Waals surface area contributed by atoms with Gasteiger partial charge in [-0.05, 0) is 72.0 Å². The smallest absolute Gasteiger partial charge is 0.252 e. The van der Waals surface area contributed by atoms with Crippen molar-refractivity contribution in [3.63, 3.8) is 0 Å². The van der Waals surface area contributed by atoms with Crippen LogP contribution in [-0.2, 0) is 12.8 Å². The topological polar surface area (TPSA) is 47.8 Å². The lowest BCUT2D eigenvalue weighted by molar-refractivity contribution is 0.108. The molecule has 0 saturated heterocycles. The first-order valence-corrected chi connectivity index (χ1v) is 7.69. The van der Waals surface area contributed by atoms with Crippen LogP contribution in [-0.4, -0.2) is 20.2 Å². The van der Waals surface area contributed by atoms with Gasteiger partial charge in [0.1, 0.15) is 11.0 Å². The van der Waals surface area contributed by atoms with Crippen LogP contribution in [0.4, 0.5) is 0 Å². The molecular weight excluding hydrogens is 298 g/mol. The van der Waals surface area contributed by atoms with E-state index in [-0.39, 0.29) is 0 Å². The van der Waals surface area contributed by atoms with Crippen LogP contribution in [0.5, 0.6) is 0 Å². The number of nitrogens with zero attached hydrogens (tertiary/aromatic N) is 3. The summed E-state index contributed by atoms with van der Waals surface area (Å²) >= 11 is 5.46. The van der Waals surface area contributed by atoms with E-state index in [0.717, 1.165) is 29.6 Å². The second-order valence-electron chi connectivity index (χ2n) is 5.13. The second-order valence-corrected chi connectivity index (χ2v) is 5.47. The fraction of sp³-hybridized carbons (Fsp3) is 0.235.